The predicted octanol–water partition coefficient (Wildman–Crippen LogP) is 1.49. The Morgan fingerprint density at radius 3 is 2.47 bits per heavy atom. The highest BCUT2D eigenvalue weighted by Crippen LogP contribution is 2.19. The van der Waals surface area contributed by atoms with Gasteiger partial charge in [0.2, 0.25) is 0 Å². The highest BCUT2D eigenvalue weighted by molar-refractivity contribution is 7.90. The summed E-state index contributed by atoms with van der Waals surface area (Å²) >= 11 is 0. The molecule has 17 heavy (non-hydrogen) atoms. The van der Waals surface area contributed by atoms with Crippen molar-refractivity contribution in [1.82, 2.24) is 4.72 Å². The van der Waals surface area contributed by atoms with E-state index < -0.39 is 10.2 Å². The Morgan fingerprint density at radius 1 is 1.35 bits per heavy atom. The normalized spacial score (nSPS) is 11.8. The van der Waals surface area contributed by atoms with Gasteiger partial charge in [-0.05, 0) is 38.0 Å². The third kappa shape index (κ3) is 4.24. The molecule has 0 saturated carbocycles. The summed E-state index contributed by atoms with van der Waals surface area (Å²) in [6, 6.07) is 5.00. The van der Waals surface area contributed by atoms with E-state index in [0.717, 1.165) is 12.0 Å². The average molecular weight is 257 g/mol. The van der Waals surface area contributed by atoms with Gasteiger partial charge in [0.1, 0.15) is 0 Å². The minimum Gasteiger partial charge on any atom is -0.398 e. The summed E-state index contributed by atoms with van der Waals surface area (Å²) < 4.78 is 28.1. The molecule has 5 nitrogen and oxygen atoms in total. The summed E-state index contributed by atoms with van der Waals surface area (Å²) in [6.45, 7) is 5.51. The highest BCUT2D eigenvalue weighted by atomic mass is 32.2. The first-order chi connectivity index (χ1) is 7.84. The van der Waals surface area contributed by atoms with Crippen LogP contribution in [0.2, 0.25) is 0 Å². The molecule has 0 spiro atoms. The van der Waals surface area contributed by atoms with Gasteiger partial charge in [-0.25, -0.2) is 0 Å². The second-order valence-corrected chi connectivity index (χ2v) is 5.59. The van der Waals surface area contributed by atoms with Crippen LogP contribution < -0.4 is 15.2 Å². The van der Waals surface area contributed by atoms with E-state index in [4.69, 9.17) is 5.73 Å². The Kier molecular flexibility index (Phi) is 4.36. The highest BCUT2D eigenvalue weighted by Gasteiger charge is 2.11. The summed E-state index contributed by atoms with van der Waals surface area (Å²) in [5.74, 6) is 0. The summed E-state index contributed by atoms with van der Waals surface area (Å²) in [4.78, 5) is 0. The molecule has 0 aliphatic heterocycles. The molecule has 0 bridgehead atoms. The van der Waals surface area contributed by atoms with Gasteiger partial charge < -0.3 is 5.73 Å². The van der Waals surface area contributed by atoms with Crippen molar-refractivity contribution < 1.29 is 8.42 Å². The molecule has 0 aliphatic carbocycles. The van der Waals surface area contributed by atoms with Crippen molar-refractivity contribution in [1.29, 1.82) is 0 Å². The van der Waals surface area contributed by atoms with Crippen LogP contribution in [0.4, 0.5) is 11.4 Å². The number of anilines is 2. The molecule has 0 aliphatic rings. The molecule has 1 aromatic rings. The Hall–Kier alpha value is -1.27. The van der Waals surface area contributed by atoms with E-state index >= 15 is 0 Å². The van der Waals surface area contributed by atoms with Gasteiger partial charge in [0.15, 0.2) is 0 Å². The van der Waals surface area contributed by atoms with Crippen LogP contribution in [0, 0.1) is 0 Å². The molecule has 0 radical (unpaired) electrons. The lowest BCUT2D eigenvalue weighted by atomic mass is 10.1. The molecule has 0 fully saturated rings. The number of nitrogens with one attached hydrogen (secondary N) is 2. The topological polar surface area (TPSA) is 84.2 Å². The van der Waals surface area contributed by atoms with Gasteiger partial charge in [-0.3, -0.25) is 4.72 Å². The SMILES string of the molecule is CCc1ccc(NS(=O)(=O)NC(C)C)cc1N. The van der Waals surface area contributed by atoms with E-state index in [1.807, 2.05) is 13.0 Å². The van der Waals surface area contributed by atoms with E-state index in [0.29, 0.717) is 11.4 Å². The van der Waals surface area contributed by atoms with Crippen molar-refractivity contribution in [2.75, 3.05) is 10.5 Å². The van der Waals surface area contributed by atoms with Crippen LogP contribution in [0.3, 0.4) is 0 Å². The summed E-state index contributed by atoms with van der Waals surface area (Å²) in [6.07, 6.45) is 0.823. The molecule has 96 valence electrons. The number of hydrogen-bond donors (Lipinski definition) is 3. The third-order valence-corrected chi connectivity index (χ3v) is 3.46. The second-order valence-electron chi connectivity index (χ2n) is 4.15. The van der Waals surface area contributed by atoms with E-state index in [1.54, 1.807) is 26.0 Å². The van der Waals surface area contributed by atoms with Gasteiger partial charge in [-0.1, -0.05) is 13.0 Å². The largest absolute Gasteiger partial charge is 0.398 e. The summed E-state index contributed by atoms with van der Waals surface area (Å²) in [5, 5.41) is 0. The van der Waals surface area contributed by atoms with Crippen LogP contribution in [-0.4, -0.2) is 14.5 Å². The van der Waals surface area contributed by atoms with Crippen molar-refractivity contribution in [3.8, 4) is 0 Å². The van der Waals surface area contributed by atoms with Crippen LogP contribution in [0.25, 0.3) is 0 Å². The van der Waals surface area contributed by atoms with Crippen LogP contribution >= 0.6 is 0 Å². The van der Waals surface area contributed by atoms with Gasteiger partial charge in [-0.2, -0.15) is 13.1 Å². The molecule has 6 heteroatoms. The van der Waals surface area contributed by atoms with Gasteiger partial charge in [0.05, 0.1) is 5.69 Å². The number of aryl methyl sites for hydroxylation is 1. The van der Waals surface area contributed by atoms with Crippen LogP contribution in [-0.2, 0) is 16.6 Å². The zero-order valence-corrected chi connectivity index (χ0v) is 11.1. The molecular formula is C11H19N3O2S. The minimum absolute atomic E-state index is 0.153. The first kappa shape index (κ1) is 13.8. The Labute approximate surface area is 103 Å². The van der Waals surface area contributed by atoms with Crippen LogP contribution in [0.1, 0.15) is 26.3 Å². The zero-order valence-electron chi connectivity index (χ0n) is 10.3. The van der Waals surface area contributed by atoms with E-state index in [2.05, 4.69) is 9.44 Å². The molecular weight excluding hydrogens is 238 g/mol. The van der Waals surface area contributed by atoms with Crippen molar-refractivity contribution in [2.45, 2.75) is 33.2 Å². The zero-order chi connectivity index (χ0) is 13.1. The van der Waals surface area contributed by atoms with E-state index in [-0.39, 0.29) is 6.04 Å². The van der Waals surface area contributed by atoms with Gasteiger partial charge >= 0.3 is 0 Å². The lowest BCUT2D eigenvalue weighted by molar-refractivity contribution is 0.575. The number of rotatable bonds is 5. The Balaban J connectivity index is 2.86. The number of benzene rings is 1. The molecule has 4 N–H and O–H groups in total. The maximum absolute atomic E-state index is 11.6. The summed E-state index contributed by atoms with van der Waals surface area (Å²) in [5.41, 5.74) is 7.86. The second kappa shape index (κ2) is 5.37. The average Bonchev–Trinajstić information content (AvgIpc) is 2.14. The minimum atomic E-state index is -3.53. The quantitative estimate of drug-likeness (QED) is 0.699. The smallest absolute Gasteiger partial charge is 0.299 e. The van der Waals surface area contributed by atoms with Gasteiger partial charge in [0.25, 0.3) is 10.2 Å². The van der Waals surface area contributed by atoms with Crippen molar-refractivity contribution in [3.63, 3.8) is 0 Å². The molecule has 1 aromatic carbocycles. The maximum atomic E-state index is 11.6. The van der Waals surface area contributed by atoms with E-state index in [9.17, 15) is 8.42 Å². The van der Waals surface area contributed by atoms with Gasteiger partial charge in [-0.15, -0.1) is 0 Å². The lowest BCUT2D eigenvalue weighted by Crippen LogP contribution is -2.35. The molecule has 0 saturated heterocycles. The number of hydrogen-bond acceptors (Lipinski definition) is 3. The van der Waals surface area contributed by atoms with Gasteiger partial charge in [0, 0.05) is 11.7 Å². The fraction of sp³-hybridized carbons (Fsp3) is 0.455. The lowest BCUT2D eigenvalue weighted by Gasteiger charge is -2.12. The molecule has 0 aromatic heterocycles. The monoisotopic (exact) mass is 257 g/mol. The third-order valence-electron chi connectivity index (χ3n) is 2.17. The number of nitrogen functional groups attached to an aromatic ring is 1. The van der Waals surface area contributed by atoms with Crippen LogP contribution in [0.15, 0.2) is 18.2 Å². The van der Waals surface area contributed by atoms with Crippen molar-refractivity contribution >= 4 is 21.6 Å². The number of nitrogens with two attached hydrogens (primary N) is 1. The Morgan fingerprint density at radius 2 is 2.00 bits per heavy atom. The predicted molar refractivity (Wildman–Crippen MR) is 71.0 cm³/mol. The summed E-state index contributed by atoms with van der Waals surface area (Å²) in [7, 11) is -3.53. The first-order valence-electron chi connectivity index (χ1n) is 5.52. The van der Waals surface area contributed by atoms with Crippen molar-refractivity contribution in [2.24, 2.45) is 0 Å². The Bertz CT molecular complexity index is 483. The molecule has 0 unspecified atom stereocenters. The molecule has 0 atom stereocenters. The maximum Gasteiger partial charge on any atom is 0.299 e. The first-order valence-corrected chi connectivity index (χ1v) is 7.01. The molecule has 0 amide bonds. The fourth-order valence-electron chi connectivity index (χ4n) is 1.48. The van der Waals surface area contributed by atoms with Crippen LogP contribution in [0.5, 0.6) is 0 Å². The fourth-order valence-corrected chi connectivity index (χ4v) is 2.59. The molecule has 1 rings (SSSR count). The van der Waals surface area contributed by atoms with E-state index in [1.165, 1.54) is 0 Å². The van der Waals surface area contributed by atoms with Crippen molar-refractivity contribution in [3.05, 3.63) is 23.8 Å². The molecule has 0 heterocycles. The standard InChI is InChI=1S/C11H19N3O2S/c1-4-9-5-6-10(7-11(9)12)14-17(15,16)13-8(2)3/h5-8,13-14H,4,12H2,1-3H3.